The molecule has 5 aliphatic heterocycles. The molecule has 1 spiro atoms. The van der Waals surface area contributed by atoms with Crippen molar-refractivity contribution in [3.8, 4) is 23.0 Å². The second-order valence-corrected chi connectivity index (χ2v) is 20.1. The van der Waals surface area contributed by atoms with Crippen LogP contribution in [0.1, 0.15) is 86.7 Å². The van der Waals surface area contributed by atoms with Crippen molar-refractivity contribution < 1.29 is 33.7 Å². The molecule has 1 aliphatic carbocycles. The number of halogens is 1. The lowest BCUT2D eigenvalue weighted by Gasteiger charge is -2.55. The number of amides is 3. The van der Waals surface area contributed by atoms with Crippen LogP contribution in [0.4, 0.5) is 15.9 Å². The van der Waals surface area contributed by atoms with E-state index in [1.807, 2.05) is 49.1 Å². The molecule has 3 aromatic carbocycles. The number of fused-ring (bicyclic) bond motifs is 3. The summed E-state index contributed by atoms with van der Waals surface area (Å²) in [5, 5.41) is 26.3. The van der Waals surface area contributed by atoms with Crippen LogP contribution in [0.15, 0.2) is 54.7 Å². The lowest BCUT2D eigenvalue weighted by atomic mass is 9.71. The van der Waals surface area contributed by atoms with Gasteiger partial charge in [-0.15, -0.1) is 0 Å². The molecule has 0 radical (unpaired) electrons. The minimum Gasteiger partial charge on any atom is -0.508 e. The summed E-state index contributed by atoms with van der Waals surface area (Å²) in [6.45, 7) is 10.4. The molecule has 6 aliphatic rings. The molecule has 1 unspecified atom stereocenters. The van der Waals surface area contributed by atoms with Crippen LogP contribution in [0.5, 0.6) is 11.8 Å². The summed E-state index contributed by atoms with van der Waals surface area (Å²) >= 11 is 0. The van der Waals surface area contributed by atoms with Gasteiger partial charge in [0.2, 0.25) is 11.8 Å². The molecular formula is C50H55FN8O6. The highest BCUT2D eigenvalue weighted by Crippen LogP contribution is 2.50. The van der Waals surface area contributed by atoms with Crippen molar-refractivity contribution >= 4 is 50.9 Å². The maximum Gasteiger partial charge on any atom is 0.319 e. The predicted octanol–water partition coefficient (Wildman–Crippen LogP) is 6.13. The molecule has 5 fully saturated rings. The summed E-state index contributed by atoms with van der Waals surface area (Å²) in [6.07, 6.45) is 8.51. The number of hydrogen-bond acceptors (Lipinski definition) is 12. The van der Waals surface area contributed by atoms with Crippen molar-refractivity contribution in [2.45, 2.75) is 89.8 Å². The Balaban J connectivity index is 0.770. The number of phenolic OH excluding ortho intramolecular Hbond substituents is 1. The first kappa shape index (κ1) is 41.8. The van der Waals surface area contributed by atoms with Gasteiger partial charge in [-0.2, -0.15) is 9.97 Å². The second kappa shape index (κ2) is 15.6. The number of aliphatic hydroxyl groups is 1. The standard InChI is InChI=1S/C50H55FN8O6/c1-3-30-6-4-7-31-21-34(60)22-36(40(30)31)42-41(51)43-37(23-52-42)44(58-17-5-12-48(2,64)25-58)55-47(54-43)65-29-50(13-14-50)28-56-26-49(27-56)15-18-57(19-16-49)33-8-9-35-32(20-33)24-59(46(35)63)38-10-11-39(61)53-45(38)62/h4,6-9,20-23,38,60,64H,3,5,10-19,24-29H2,1-2H3,(H,53,61,62)/t38?,48-/m1/s1. The first-order chi connectivity index (χ1) is 31.3. The van der Waals surface area contributed by atoms with E-state index in [9.17, 15) is 24.6 Å². The van der Waals surface area contributed by atoms with E-state index in [4.69, 9.17) is 14.7 Å². The molecule has 3 N–H and O–H groups in total. The van der Waals surface area contributed by atoms with Crippen molar-refractivity contribution in [2.24, 2.45) is 10.8 Å². The normalized spacial score (nSPS) is 23.8. The van der Waals surface area contributed by atoms with Crippen LogP contribution in [0.25, 0.3) is 32.9 Å². The molecule has 2 aromatic heterocycles. The monoisotopic (exact) mass is 882 g/mol. The number of nitrogens with one attached hydrogen (secondary N) is 1. The molecule has 5 aromatic rings. The number of aromatic nitrogens is 3. The average Bonchev–Trinajstić information content (AvgIpc) is 3.97. The van der Waals surface area contributed by atoms with Crippen molar-refractivity contribution in [1.82, 2.24) is 30.1 Å². The van der Waals surface area contributed by atoms with E-state index in [0.717, 1.165) is 98.8 Å². The topological polar surface area (TPSA) is 165 Å². The number of aryl methyl sites for hydroxylation is 1. The fraction of sp³-hybridized carbons (Fsp3) is 0.480. The fourth-order valence-corrected chi connectivity index (χ4v) is 11.4. The Bertz CT molecular complexity index is 2780. The second-order valence-electron chi connectivity index (χ2n) is 20.1. The van der Waals surface area contributed by atoms with Gasteiger partial charge >= 0.3 is 6.01 Å². The van der Waals surface area contributed by atoms with Crippen molar-refractivity contribution in [3.63, 3.8) is 0 Å². The van der Waals surface area contributed by atoms with Crippen LogP contribution < -0.4 is 19.9 Å². The van der Waals surface area contributed by atoms with Crippen LogP contribution in [0.3, 0.4) is 0 Å². The van der Waals surface area contributed by atoms with Crippen LogP contribution in [0.2, 0.25) is 0 Å². The molecule has 7 heterocycles. The van der Waals surface area contributed by atoms with Gasteiger partial charge in [0.25, 0.3) is 5.91 Å². The summed E-state index contributed by atoms with van der Waals surface area (Å²) in [5.74, 6) is -0.941. The molecule has 1 saturated carbocycles. The first-order valence-corrected chi connectivity index (χ1v) is 23.3. The first-order valence-electron chi connectivity index (χ1n) is 23.3. The van der Waals surface area contributed by atoms with Gasteiger partial charge in [-0.05, 0) is 116 Å². The van der Waals surface area contributed by atoms with E-state index < -0.39 is 23.4 Å². The maximum atomic E-state index is 17.1. The number of pyridine rings is 1. The number of rotatable bonds is 10. The predicted molar refractivity (Wildman–Crippen MR) is 243 cm³/mol. The molecule has 11 rings (SSSR count). The number of hydrogen-bond donors (Lipinski definition) is 3. The third-order valence-corrected chi connectivity index (χ3v) is 15.1. The van der Waals surface area contributed by atoms with Gasteiger partial charge < -0.3 is 34.5 Å². The third kappa shape index (κ3) is 7.59. The fourth-order valence-electron chi connectivity index (χ4n) is 11.4. The highest BCUT2D eigenvalue weighted by atomic mass is 19.1. The number of phenols is 1. The Labute approximate surface area is 376 Å². The van der Waals surface area contributed by atoms with E-state index in [1.54, 1.807) is 23.2 Å². The molecule has 2 atom stereocenters. The zero-order valence-corrected chi connectivity index (χ0v) is 37.0. The molecular weight excluding hydrogens is 828 g/mol. The van der Waals surface area contributed by atoms with Gasteiger partial charge in [0.15, 0.2) is 5.82 Å². The SMILES string of the molecule is CCc1cccc2cc(O)cc(-c3ncc4c(N5CCC[C@@](C)(O)C5)nc(OCC5(CN6CC7(CCN(c8ccc9c(c8)CN(C8CCC(=O)NC8=O)C9=O)CC7)C6)CC5)nc4c3F)c12. The Morgan fingerprint density at radius 2 is 1.75 bits per heavy atom. The van der Waals surface area contributed by atoms with Crippen LogP contribution in [0, 0.1) is 16.6 Å². The number of aromatic hydroxyl groups is 1. The quantitative estimate of drug-likeness (QED) is 0.138. The van der Waals surface area contributed by atoms with Crippen LogP contribution in [-0.4, -0.2) is 117 Å². The minimum atomic E-state index is -0.935. The molecule has 3 amide bonds. The number of imide groups is 1. The van der Waals surface area contributed by atoms with Crippen molar-refractivity contribution in [2.75, 3.05) is 62.2 Å². The molecule has 0 bridgehead atoms. The van der Waals surface area contributed by atoms with E-state index in [1.165, 1.54) is 0 Å². The molecule has 65 heavy (non-hydrogen) atoms. The van der Waals surface area contributed by atoms with E-state index in [0.29, 0.717) is 61.4 Å². The largest absolute Gasteiger partial charge is 0.508 e. The number of ether oxygens (including phenoxy) is 1. The molecule has 15 heteroatoms. The number of β-amino-alcohol motifs (C(OH)–C–C–N with tert-alkyl or cyclic N) is 1. The van der Waals surface area contributed by atoms with Gasteiger partial charge in [-0.1, -0.05) is 25.1 Å². The number of nitrogens with zero attached hydrogens (tertiary/aromatic N) is 7. The Morgan fingerprint density at radius 3 is 2.51 bits per heavy atom. The highest BCUT2D eigenvalue weighted by molar-refractivity contribution is 6.06. The summed E-state index contributed by atoms with van der Waals surface area (Å²) in [7, 11) is 0. The summed E-state index contributed by atoms with van der Waals surface area (Å²) in [4.78, 5) is 60.3. The lowest BCUT2D eigenvalue weighted by molar-refractivity contribution is -0.136. The van der Waals surface area contributed by atoms with Gasteiger partial charge in [0.05, 0.1) is 17.6 Å². The number of piperidine rings is 3. The molecule has 14 nitrogen and oxygen atoms in total. The van der Waals surface area contributed by atoms with Crippen molar-refractivity contribution in [3.05, 3.63) is 77.2 Å². The molecule has 4 saturated heterocycles. The minimum absolute atomic E-state index is 0.0238. The summed E-state index contributed by atoms with van der Waals surface area (Å²) in [6, 6.07) is 14.6. The number of likely N-dealkylation sites (tertiary alicyclic amines) is 1. The number of carbonyl (C=O) groups excluding carboxylic acids is 3. The average molecular weight is 883 g/mol. The number of anilines is 2. The number of carbonyl (C=O) groups is 3. The number of benzene rings is 3. The van der Waals surface area contributed by atoms with Crippen molar-refractivity contribution in [1.29, 1.82) is 0 Å². The van der Waals surface area contributed by atoms with Gasteiger partial charge in [0.1, 0.15) is 28.8 Å². The smallest absolute Gasteiger partial charge is 0.319 e. The Morgan fingerprint density at radius 1 is 0.938 bits per heavy atom. The van der Waals surface area contributed by atoms with Crippen LogP contribution in [-0.2, 0) is 22.6 Å². The van der Waals surface area contributed by atoms with Gasteiger partial charge in [0, 0.05) is 87.2 Å². The zero-order valence-electron chi connectivity index (χ0n) is 37.0. The molecule has 338 valence electrons. The van der Waals surface area contributed by atoms with Crippen LogP contribution >= 0.6 is 0 Å². The van der Waals surface area contributed by atoms with Gasteiger partial charge in [-0.25, -0.2) is 4.39 Å². The van der Waals surface area contributed by atoms with E-state index >= 15 is 4.39 Å². The maximum absolute atomic E-state index is 17.1. The van der Waals surface area contributed by atoms with E-state index in [-0.39, 0.29) is 52.0 Å². The third-order valence-electron chi connectivity index (χ3n) is 15.1. The zero-order chi connectivity index (χ0) is 44.8. The Kier molecular flexibility index (Phi) is 10.0. The summed E-state index contributed by atoms with van der Waals surface area (Å²) < 4.78 is 23.6. The van der Waals surface area contributed by atoms with E-state index in [2.05, 4.69) is 26.2 Å². The summed E-state index contributed by atoms with van der Waals surface area (Å²) in [5.41, 5.74) is 3.64. The van der Waals surface area contributed by atoms with Gasteiger partial charge in [-0.3, -0.25) is 24.7 Å². The highest BCUT2D eigenvalue weighted by Gasteiger charge is 2.51. The lowest BCUT2D eigenvalue weighted by Crippen LogP contribution is -2.61. The Hall–Kier alpha value is -5.93.